The summed E-state index contributed by atoms with van der Waals surface area (Å²) in [5.41, 5.74) is 0.173. The van der Waals surface area contributed by atoms with Crippen molar-refractivity contribution in [2.24, 2.45) is 10.2 Å². The fraction of sp³-hybridized carbons (Fsp3) is 0.267. The second-order valence-corrected chi connectivity index (χ2v) is 5.02. The number of benzene rings is 1. The van der Waals surface area contributed by atoms with Gasteiger partial charge in [0.2, 0.25) is 0 Å². The molecule has 1 aliphatic heterocycles. The molecule has 2 rings (SSSR count). The highest BCUT2D eigenvalue weighted by Crippen LogP contribution is 2.34. The number of aliphatic imine (C=N–C) groups is 1. The third-order valence-electron chi connectivity index (χ3n) is 3.24. The summed E-state index contributed by atoms with van der Waals surface area (Å²) in [5, 5.41) is 14.1. The summed E-state index contributed by atoms with van der Waals surface area (Å²) in [6, 6.07) is 7.21. The van der Waals surface area contributed by atoms with E-state index in [1.54, 1.807) is 32.1 Å². The van der Waals surface area contributed by atoms with Crippen molar-refractivity contribution in [1.29, 1.82) is 0 Å². The first-order valence-electron chi connectivity index (χ1n) is 6.46. The predicted molar refractivity (Wildman–Crippen MR) is 80.3 cm³/mol. The molecule has 0 unspecified atom stereocenters. The summed E-state index contributed by atoms with van der Waals surface area (Å²) in [4.78, 5) is 14.8. The van der Waals surface area contributed by atoms with Crippen LogP contribution in [-0.2, 0) is 0 Å². The molecular weight excluding hydrogens is 270 g/mol. The van der Waals surface area contributed by atoms with Gasteiger partial charge in [-0.15, -0.1) is 4.91 Å². The van der Waals surface area contributed by atoms with Gasteiger partial charge in [0.25, 0.3) is 0 Å². The number of para-hydroxylation sites is 1. The summed E-state index contributed by atoms with van der Waals surface area (Å²) in [5.74, 6) is 0.890. The van der Waals surface area contributed by atoms with Gasteiger partial charge >= 0.3 is 0 Å². The van der Waals surface area contributed by atoms with E-state index >= 15 is 0 Å². The summed E-state index contributed by atoms with van der Waals surface area (Å²) in [7, 11) is 0. The van der Waals surface area contributed by atoms with Crippen molar-refractivity contribution in [3.05, 3.63) is 59.3 Å². The number of hydrogen-bond acceptors (Lipinski definition) is 6. The SMILES string of the molecule is C=CCOc1ccccc1C1=N/C(=C\N=O)C(C)(C)N1O. The van der Waals surface area contributed by atoms with Crippen LogP contribution in [0.5, 0.6) is 5.75 Å². The van der Waals surface area contributed by atoms with E-state index in [-0.39, 0.29) is 0 Å². The molecular formula is C15H17N3O3. The van der Waals surface area contributed by atoms with Crippen LogP contribution in [0, 0.1) is 4.91 Å². The van der Waals surface area contributed by atoms with Crippen LogP contribution < -0.4 is 4.74 Å². The maximum atomic E-state index is 10.5. The van der Waals surface area contributed by atoms with Crippen molar-refractivity contribution in [1.82, 2.24) is 5.06 Å². The Bertz CT molecular complexity index is 620. The molecule has 21 heavy (non-hydrogen) atoms. The van der Waals surface area contributed by atoms with Crippen molar-refractivity contribution >= 4 is 5.84 Å². The second-order valence-electron chi connectivity index (χ2n) is 5.02. The summed E-state index contributed by atoms with van der Waals surface area (Å²) < 4.78 is 5.57. The smallest absolute Gasteiger partial charge is 0.164 e. The maximum absolute atomic E-state index is 10.5. The number of hydrogen-bond donors (Lipinski definition) is 1. The zero-order chi connectivity index (χ0) is 15.5. The highest BCUT2D eigenvalue weighted by Gasteiger charge is 2.40. The summed E-state index contributed by atoms with van der Waals surface area (Å²) in [6.07, 6.45) is 2.74. The standard InChI is InChI=1S/C15H17N3O3/c1-4-9-21-12-8-6-5-7-11(12)14-17-13(10-16-19)15(2,3)18(14)20/h4-8,10,20H,1,9H2,2-3H3/b13-10-. The molecule has 1 aliphatic rings. The molecule has 1 N–H and O–H groups in total. The van der Waals surface area contributed by atoms with Crippen molar-refractivity contribution in [3.8, 4) is 5.75 Å². The molecule has 0 atom stereocenters. The fourth-order valence-electron chi connectivity index (χ4n) is 2.01. The minimum atomic E-state index is -0.839. The molecule has 1 aromatic carbocycles. The Morgan fingerprint density at radius 1 is 1.48 bits per heavy atom. The van der Waals surface area contributed by atoms with E-state index in [0.29, 0.717) is 29.5 Å². The number of nitroso groups, excluding NO2 is 1. The third kappa shape index (κ3) is 2.71. The van der Waals surface area contributed by atoms with E-state index in [1.807, 2.05) is 12.1 Å². The first-order valence-corrected chi connectivity index (χ1v) is 6.46. The minimum Gasteiger partial charge on any atom is -0.489 e. The average molecular weight is 287 g/mol. The lowest BCUT2D eigenvalue weighted by atomic mass is 10.0. The first kappa shape index (κ1) is 14.9. The molecule has 0 radical (unpaired) electrons. The quantitative estimate of drug-likeness (QED) is 0.667. The number of ether oxygens (including phenoxy) is 1. The molecule has 1 heterocycles. The normalized spacial score (nSPS) is 18.5. The zero-order valence-electron chi connectivity index (χ0n) is 12.0. The lowest BCUT2D eigenvalue weighted by Crippen LogP contribution is -2.41. The molecule has 0 spiro atoms. The Morgan fingerprint density at radius 2 is 2.19 bits per heavy atom. The number of rotatable bonds is 5. The maximum Gasteiger partial charge on any atom is 0.164 e. The van der Waals surface area contributed by atoms with Crippen LogP contribution in [-0.4, -0.2) is 28.3 Å². The van der Waals surface area contributed by atoms with E-state index in [0.717, 1.165) is 11.3 Å². The molecule has 0 amide bonds. The van der Waals surface area contributed by atoms with E-state index < -0.39 is 5.54 Å². The molecule has 110 valence electrons. The fourth-order valence-corrected chi connectivity index (χ4v) is 2.01. The Labute approximate surface area is 123 Å². The third-order valence-corrected chi connectivity index (χ3v) is 3.24. The Balaban J connectivity index is 2.47. The van der Waals surface area contributed by atoms with Gasteiger partial charge in [0.15, 0.2) is 5.84 Å². The monoisotopic (exact) mass is 287 g/mol. The van der Waals surface area contributed by atoms with Crippen molar-refractivity contribution in [2.45, 2.75) is 19.4 Å². The lowest BCUT2D eigenvalue weighted by Gasteiger charge is -2.28. The van der Waals surface area contributed by atoms with E-state index in [2.05, 4.69) is 16.7 Å². The molecule has 0 saturated carbocycles. The van der Waals surface area contributed by atoms with Gasteiger partial charge in [0, 0.05) is 0 Å². The molecule has 1 aromatic rings. The van der Waals surface area contributed by atoms with Crippen LogP contribution >= 0.6 is 0 Å². The summed E-state index contributed by atoms with van der Waals surface area (Å²) in [6.45, 7) is 7.44. The van der Waals surface area contributed by atoms with Gasteiger partial charge in [-0.05, 0) is 31.2 Å². The van der Waals surface area contributed by atoms with Gasteiger partial charge in [-0.1, -0.05) is 24.8 Å². The Hall–Kier alpha value is -2.47. The number of amidine groups is 1. The van der Waals surface area contributed by atoms with Crippen LogP contribution in [0.15, 0.2) is 59.0 Å². The average Bonchev–Trinajstić information content (AvgIpc) is 2.70. The summed E-state index contributed by atoms with van der Waals surface area (Å²) >= 11 is 0. The molecule has 6 nitrogen and oxygen atoms in total. The Morgan fingerprint density at radius 3 is 2.86 bits per heavy atom. The molecule has 0 saturated heterocycles. The van der Waals surface area contributed by atoms with Crippen LogP contribution in [0.25, 0.3) is 0 Å². The van der Waals surface area contributed by atoms with Crippen molar-refractivity contribution < 1.29 is 9.94 Å². The van der Waals surface area contributed by atoms with Crippen LogP contribution in [0.4, 0.5) is 0 Å². The molecule has 0 fully saturated rings. The van der Waals surface area contributed by atoms with E-state index in [9.17, 15) is 10.1 Å². The van der Waals surface area contributed by atoms with Crippen molar-refractivity contribution in [3.63, 3.8) is 0 Å². The van der Waals surface area contributed by atoms with Gasteiger partial charge in [0.05, 0.1) is 17.5 Å². The Kier molecular flexibility index (Phi) is 4.18. The van der Waals surface area contributed by atoms with Crippen LogP contribution in [0.1, 0.15) is 19.4 Å². The molecule has 0 bridgehead atoms. The first-order chi connectivity index (χ1) is 10.0. The van der Waals surface area contributed by atoms with E-state index in [1.165, 1.54) is 0 Å². The predicted octanol–water partition coefficient (Wildman–Crippen LogP) is 3.09. The molecule has 6 heteroatoms. The number of hydroxylamine groups is 2. The van der Waals surface area contributed by atoms with Crippen LogP contribution in [0.2, 0.25) is 0 Å². The zero-order valence-corrected chi connectivity index (χ0v) is 12.0. The van der Waals surface area contributed by atoms with Gasteiger partial charge < -0.3 is 4.74 Å². The van der Waals surface area contributed by atoms with Crippen molar-refractivity contribution in [2.75, 3.05) is 6.61 Å². The second kappa shape index (κ2) is 5.88. The van der Waals surface area contributed by atoms with Crippen LogP contribution in [0.3, 0.4) is 0 Å². The van der Waals surface area contributed by atoms with Gasteiger partial charge in [0.1, 0.15) is 17.9 Å². The molecule has 0 aromatic heterocycles. The van der Waals surface area contributed by atoms with Gasteiger partial charge in [-0.3, -0.25) is 5.21 Å². The highest BCUT2D eigenvalue weighted by atomic mass is 16.5. The van der Waals surface area contributed by atoms with Gasteiger partial charge in [-0.2, -0.15) is 0 Å². The minimum absolute atomic E-state index is 0.314. The largest absolute Gasteiger partial charge is 0.489 e. The highest BCUT2D eigenvalue weighted by molar-refractivity contribution is 6.03. The van der Waals surface area contributed by atoms with E-state index in [4.69, 9.17) is 4.74 Å². The lowest BCUT2D eigenvalue weighted by molar-refractivity contribution is -0.0685. The van der Waals surface area contributed by atoms with Gasteiger partial charge in [-0.25, -0.2) is 10.1 Å². The number of nitrogens with zero attached hydrogens (tertiary/aromatic N) is 3. The molecule has 0 aliphatic carbocycles. The topological polar surface area (TPSA) is 74.5 Å².